The van der Waals surface area contributed by atoms with Crippen molar-refractivity contribution in [3.05, 3.63) is 34.9 Å². The lowest BCUT2D eigenvalue weighted by atomic mass is 10.0. The monoisotopic (exact) mass is 252 g/mol. The predicted octanol–water partition coefficient (Wildman–Crippen LogP) is 3.21. The van der Waals surface area contributed by atoms with Gasteiger partial charge in [0, 0.05) is 23.1 Å². The largest absolute Gasteiger partial charge is 0.328 e. The Morgan fingerprint density at radius 2 is 1.94 bits per heavy atom. The van der Waals surface area contributed by atoms with Gasteiger partial charge in [-0.05, 0) is 50.9 Å². The van der Waals surface area contributed by atoms with Gasteiger partial charge in [-0.25, -0.2) is 0 Å². The molecule has 1 aliphatic rings. The Hall–Kier alpha value is -0.570. The van der Waals surface area contributed by atoms with Gasteiger partial charge in [0.25, 0.3) is 0 Å². The summed E-state index contributed by atoms with van der Waals surface area (Å²) in [5.41, 5.74) is 7.29. The molecule has 1 aliphatic carbocycles. The fourth-order valence-corrected chi connectivity index (χ4v) is 2.78. The first-order valence-electron chi connectivity index (χ1n) is 6.31. The Kier molecular flexibility index (Phi) is 4.08. The standard InChI is InChI=1S/C14H21ClN2/c1-10(11-3-5-12(15)6-4-11)17(2)14-8-7-13(16)9-14/h3-6,10,13-14H,7-9,16H2,1-2H3. The van der Waals surface area contributed by atoms with Gasteiger partial charge in [-0.3, -0.25) is 4.90 Å². The summed E-state index contributed by atoms with van der Waals surface area (Å²) in [4.78, 5) is 2.44. The molecule has 0 heterocycles. The summed E-state index contributed by atoms with van der Waals surface area (Å²) < 4.78 is 0. The minimum atomic E-state index is 0.389. The Balaban J connectivity index is 2.04. The minimum Gasteiger partial charge on any atom is -0.328 e. The van der Waals surface area contributed by atoms with Crippen LogP contribution < -0.4 is 5.73 Å². The van der Waals surface area contributed by atoms with Crippen molar-refractivity contribution in [1.82, 2.24) is 4.90 Å². The van der Waals surface area contributed by atoms with Crippen LogP contribution in [0.1, 0.15) is 37.8 Å². The molecule has 0 radical (unpaired) electrons. The first-order valence-corrected chi connectivity index (χ1v) is 6.68. The highest BCUT2D eigenvalue weighted by molar-refractivity contribution is 6.30. The molecule has 3 heteroatoms. The second kappa shape index (κ2) is 5.38. The van der Waals surface area contributed by atoms with Gasteiger partial charge in [-0.15, -0.1) is 0 Å². The van der Waals surface area contributed by atoms with Gasteiger partial charge in [0.1, 0.15) is 0 Å². The molecule has 2 rings (SSSR count). The van der Waals surface area contributed by atoms with Gasteiger partial charge in [0.15, 0.2) is 0 Å². The topological polar surface area (TPSA) is 29.3 Å². The Labute approximate surface area is 109 Å². The highest BCUT2D eigenvalue weighted by Gasteiger charge is 2.27. The number of benzene rings is 1. The van der Waals surface area contributed by atoms with Gasteiger partial charge in [0.2, 0.25) is 0 Å². The van der Waals surface area contributed by atoms with E-state index in [-0.39, 0.29) is 0 Å². The van der Waals surface area contributed by atoms with E-state index in [1.54, 1.807) is 0 Å². The zero-order valence-electron chi connectivity index (χ0n) is 10.6. The first-order chi connectivity index (χ1) is 8.08. The predicted molar refractivity (Wildman–Crippen MR) is 73.2 cm³/mol. The molecule has 2 N–H and O–H groups in total. The fourth-order valence-electron chi connectivity index (χ4n) is 2.65. The lowest BCUT2D eigenvalue weighted by Gasteiger charge is -2.31. The van der Waals surface area contributed by atoms with Crippen LogP contribution in [-0.2, 0) is 0 Å². The Bertz CT molecular complexity index is 363. The Morgan fingerprint density at radius 1 is 1.29 bits per heavy atom. The van der Waals surface area contributed by atoms with Gasteiger partial charge >= 0.3 is 0 Å². The van der Waals surface area contributed by atoms with E-state index in [0.29, 0.717) is 18.1 Å². The summed E-state index contributed by atoms with van der Waals surface area (Å²) in [6.45, 7) is 2.24. The molecule has 1 aromatic rings. The summed E-state index contributed by atoms with van der Waals surface area (Å²) in [5.74, 6) is 0. The summed E-state index contributed by atoms with van der Waals surface area (Å²) in [6, 6.07) is 9.57. The summed E-state index contributed by atoms with van der Waals surface area (Å²) in [5, 5.41) is 0.798. The molecule has 17 heavy (non-hydrogen) atoms. The number of nitrogens with two attached hydrogens (primary N) is 1. The smallest absolute Gasteiger partial charge is 0.0406 e. The molecule has 2 nitrogen and oxygen atoms in total. The highest BCUT2D eigenvalue weighted by Crippen LogP contribution is 2.29. The van der Waals surface area contributed by atoms with Crippen LogP contribution >= 0.6 is 11.6 Å². The van der Waals surface area contributed by atoms with Crippen LogP contribution in [0.2, 0.25) is 5.02 Å². The van der Waals surface area contributed by atoms with E-state index in [4.69, 9.17) is 17.3 Å². The Morgan fingerprint density at radius 3 is 2.47 bits per heavy atom. The number of halogens is 1. The molecule has 0 spiro atoms. The minimum absolute atomic E-state index is 0.389. The molecule has 0 aliphatic heterocycles. The van der Waals surface area contributed by atoms with Crippen molar-refractivity contribution in [3.8, 4) is 0 Å². The quantitative estimate of drug-likeness (QED) is 0.895. The third-order valence-corrected chi connectivity index (χ3v) is 4.24. The molecule has 1 aromatic carbocycles. The number of nitrogens with zero attached hydrogens (tertiary/aromatic N) is 1. The zero-order chi connectivity index (χ0) is 12.4. The van der Waals surface area contributed by atoms with Crippen LogP contribution in [0.4, 0.5) is 0 Å². The summed E-state index contributed by atoms with van der Waals surface area (Å²) in [7, 11) is 2.20. The molecular formula is C14H21ClN2. The average molecular weight is 253 g/mol. The van der Waals surface area contributed by atoms with Crippen molar-refractivity contribution < 1.29 is 0 Å². The first kappa shape index (κ1) is 12.9. The third-order valence-electron chi connectivity index (χ3n) is 3.98. The van der Waals surface area contributed by atoms with Crippen LogP contribution in [0.15, 0.2) is 24.3 Å². The average Bonchev–Trinajstić information content (AvgIpc) is 2.75. The van der Waals surface area contributed by atoms with Crippen LogP contribution in [0.5, 0.6) is 0 Å². The molecule has 0 bridgehead atoms. The van der Waals surface area contributed by atoms with E-state index in [1.165, 1.54) is 12.0 Å². The molecule has 3 atom stereocenters. The second-order valence-corrected chi connectivity index (χ2v) is 5.56. The number of rotatable bonds is 3. The van der Waals surface area contributed by atoms with Crippen molar-refractivity contribution >= 4 is 11.6 Å². The van der Waals surface area contributed by atoms with E-state index in [1.807, 2.05) is 12.1 Å². The van der Waals surface area contributed by atoms with E-state index < -0.39 is 0 Å². The lowest BCUT2D eigenvalue weighted by molar-refractivity contribution is 0.186. The van der Waals surface area contributed by atoms with Crippen LogP contribution in [-0.4, -0.2) is 24.0 Å². The van der Waals surface area contributed by atoms with E-state index >= 15 is 0 Å². The van der Waals surface area contributed by atoms with Crippen molar-refractivity contribution in [1.29, 1.82) is 0 Å². The lowest BCUT2D eigenvalue weighted by Crippen LogP contribution is -2.33. The maximum absolute atomic E-state index is 5.98. The zero-order valence-corrected chi connectivity index (χ0v) is 11.3. The maximum atomic E-state index is 5.98. The van der Waals surface area contributed by atoms with E-state index in [0.717, 1.165) is 17.9 Å². The SMILES string of the molecule is CC(c1ccc(Cl)cc1)N(C)C1CCC(N)C1. The molecule has 0 aromatic heterocycles. The van der Waals surface area contributed by atoms with E-state index in [9.17, 15) is 0 Å². The third kappa shape index (κ3) is 3.01. The number of hydrogen-bond acceptors (Lipinski definition) is 2. The molecule has 3 unspecified atom stereocenters. The van der Waals surface area contributed by atoms with Crippen molar-refractivity contribution in [2.45, 2.75) is 44.3 Å². The van der Waals surface area contributed by atoms with Crippen molar-refractivity contribution in [2.24, 2.45) is 5.73 Å². The van der Waals surface area contributed by atoms with Gasteiger partial charge in [0.05, 0.1) is 0 Å². The summed E-state index contributed by atoms with van der Waals surface area (Å²) in [6.07, 6.45) is 3.49. The number of hydrogen-bond donors (Lipinski definition) is 1. The van der Waals surface area contributed by atoms with Gasteiger partial charge < -0.3 is 5.73 Å². The van der Waals surface area contributed by atoms with Crippen LogP contribution in [0.3, 0.4) is 0 Å². The molecule has 94 valence electrons. The maximum Gasteiger partial charge on any atom is 0.0406 e. The normalized spacial score (nSPS) is 26.4. The second-order valence-electron chi connectivity index (χ2n) is 5.12. The fraction of sp³-hybridized carbons (Fsp3) is 0.571. The van der Waals surface area contributed by atoms with Crippen molar-refractivity contribution in [3.63, 3.8) is 0 Å². The molecular weight excluding hydrogens is 232 g/mol. The van der Waals surface area contributed by atoms with Crippen LogP contribution in [0, 0.1) is 0 Å². The van der Waals surface area contributed by atoms with Gasteiger partial charge in [-0.1, -0.05) is 23.7 Å². The molecule has 1 saturated carbocycles. The summed E-state index contributed by atoms with van der Waals surface area (Å²) >= 11 is 5.91. The molecule has 1 fully saturated rings. The highest BCUT2D eigenvalue weighted by atomic mass is 35.5. The van der Waals surface area contributed by atoms with Gasteiger partial charge in [-0.2, -0.15) is 0 Å². The van der Waals surface area contributed by atoms with Crippen LogP contribution in [0.25, 0.3) is 0 Å². The molecule has 0 amide bonds. The van der Waals surface area contributed by atoms with Crippen molar-refractivity contribution in [2.75, 3.05) is 7.05 Å². The van der Waals surface area contributed by atoms with E-state index in [2.05, 4.69) is 31.0 Å². The molecule has 0 saturated heterocycles.